The number of nitrogens with one attached hydrogen (secondary N) is 1. The van der Waals surface area contributed by atoms with Gasteiger partial charge >= 0.3 is 12.2 Å². The van der Waals surface area contributed by atoms with Crippen molar-refractivity contribution in [1.29, 1.82) is 0 Å². The lowest BCUT2D eigenvalue weighted by atomic mass is 9.82. The smallest absolute Gasteiger partial charge is 0.434 e. The van der Waals surface area contributed by atoms with E-state index >= 15 is 0 Å². The first kappa shape index (κ1) is 40.2. The van der Waals surface area contributed by atoms with Crippen LogP contribution < -0.4 is 10.2 Å². The highest BCUT2D eigenvalue weighted by atomic mass is 16.6. The van der Waals surface area contributed by atoms with Gasteiger partial charge in [0.05, 0.1) is 13.2 Å². The average Bonchev–Trinajstić information content (AvgIpc) is 2.90. The molecule has 45 heavy (non-hydrogen) atoms. The van der Waals surface area contributed by atoms with Crippen LogP contribution in [-0.2, 0) is 9.47 Å². The van der Waals surface area contributed by atoms with Gasteiger partial charge < -0.3 is 24.4 Å². The lowest BCUT2D eigenvalue weighted by molar-refractivity contribution is -0.0479. The van der Waals surface area contributed by atoms with E-state index in [0.29, 0.717) is 24.2 Å². The number of hydrogen-bond acceptors (Lipinski definition) is 9. The van der Waals surface area contributed by atoms with Crippen LogP contribution in [0.3, 0.4) is 0 Å². The van der Waals surface area contributed by atoms with E-state index < -0.39 is 35.7 Å². The van der Waals surface area contributed by atoms with E-state index in [2.05, 4.69) is 64.0 Å². The van der Waals surface area contributed by atoms with Gasteiger partial charge in [-0.3, -0.25) is 4.90 Å². The van der Waals surface area contributed by atoms with E-state index in [-0.39, 0.29) is 29.4 Å². The standard InChI is InChI=1S/C35H61N3O7/c1-14-37(15-2)31(40)27(24(5)6)19-17-16-18-26(23(3)4)30(25-20-21-29(43-13)28(39)22-25)36-38(32(41)44-34(7,8)9)33(42)45-35(10,11)12/h16-17,20-24,26-27,30-31,36,39-40H,14-15,18-19H2,1-13H3/b17-16+/t26-,27-,30?,31?/m0/s1. The van der Waals surface area contributed by atoms with Gasteiger partial charge in [0, 0.05) is 5.92 Å². The molecule has 0 aliphatic heterocycles. The van der Waals surface area contributed by atoms with Crippen molar-refractivity contribution in [2.24, 2.45) is 23.7 Å². The molecule has 1 aromatic rings. The predicted octanol–water partition coefficient (Wildman–Crippen LogP) is 7.66. The summed E-state index contributed by atoms with van der Waals surface area (Å²) in [5.41, 5.74) is 2.05. The first-order valence-corrected chi connectivity index (χ1v) is 16.2. The van der Waals surface area contributed by atoms with Crippen molar-refractivity contribution in [3.8, 4) is 11.5 Å². The molecule has 4 atom stereocenters. The van der Waals surface area contributed by atoms with Crippen LogP contribution >= 0.6 is 0 Å². The summed E-state index contributed by atoms with van der Waals surface area (Å²) in [4.78, 5) is 28.9. The summed E-state index contributed by atoms with van der Waals surface area (Å²) in [5.74, 6) is 0.511. The van der Waals surface area contributed by atoms with Crippen LogP contribution in [0.15, 0.2) is 30.4 Å². The number of amides is 2. The van der Waals surface area contributed by atoms with Gasteiger partial charge in [-0.05, 0) is 103 Å². The number of ether oxygens (including phenoxy) is 3. The summed E-state index contributed by atoms with van der Waals surface area (Å²) in [6, 6.07) is 4.41. The summed E-state index contributed by atoms with van der Waals surface area (Å²) in [6.45, 7) is 24.4. The van der Waals surface area contributed by atoms with Crippen LogP contribution in [0.4, 0.5) is 9.59 Å². The maximum atomic E-state index is 13.4. The zero-order chi connectivity index (χ0) is 34.7. The number of aromatic hydroxyl groups is 1. The summed E-state index contributed by atoms with van der Waals surface area (Å²) in [6.07, 6.45) is 3.14. The van der Waals surface area contributed by atoms with E-state index in [0.717, 1.165) is 18.1 Å². The van der Waals surface area contributed by atoms with Crippen LogP contribution in [0.2, 0.25) is 0 Å². The zero-order valence-electron chi connectivity index (χ0n) is 30.0. The Balaban J connectivity index is 3.55. The van der Waals surface area contributed by atoms with Gasteiger partial charge in [0.25, 0.3) is 0 Å². The molecule has 0 aliphatic rings. The third-order valence-corrected chi connectivity index (χ3v) is 7.68. The Labute approximate surface area is 272 Å². The lowest BCUT2D eigenvalue weighted by Gasteiger charge is -2.36. The van der Waals surface area contributed by atoms with Gasteiger partial charge in [-0.15, -0.1) is 5.01 Å². The van der Waals surface area contributed by atoms with Crippen molar-refractivity contribution in [2.45, 2.75) is 119 Å². The topological polar surface area (TPSA) is 121 Å². The van der Waals surface area contributed by atoms with Crippen molar-refractivity contribution in [1.82, 2.24) is 15.3 Å². The SMILES string of the molecule is CCN(CC)C(O)[C@@H](C/C=C/C[C@@H](C(C)C)C(NN(C(=O)OC(C)(C)C)C(=O)OC(C)(C)C)c1ccc(OC)c(O)c1)C(C)C. The first-order valence-electron chi connectivity index (χ1n) is 16.2. The van der Waals surface area contributed by atoms with Gasteiger partial charge in [-0.1, -0.05) is 59.8 Å². The molecule has 0 aliphatic carbocycles. The molecule has 10 heteroatoms. The summed E-state index contributed by atoms with van der Waals surface area (Å²) < 4.78 is 16.4. The Hall–Kier alpha value is -2.82. The largest absolute Gasteiger partial charge is 0.504 e. The van der Waals surface area contributed by atoms with E-state index in [1.54, 1.807) is 59.7 Å². The molecule has 258 valence electrons. The van der Waals surface area contributed by atoms with Crippen molar-refractivity contribution in [3.63, 3.8) is 0 Å². The van der Waals surface area contributed by atoms with Crippen molar-refractivity contribution < 1.29 is 34.0 Å². The Bertz CT molecular complexity index is 1060. The second kappa shape index (κ2) is 17.8. The Morgan fingerprint density at radius 2 is 1.33 bits per heavy atom. The Kier molecular flexibility index (Phi) is 15.9. The number of allylic oxidation sites excluding steroid dienone is 2. The molecule has 1 aromatic carbocycles. The number of carbonyl (C=O) groups excluding carboxylic acids is 2. The Morgan fingerprint density at radius 1 is 0.867 bits per heavy atom. The normalized spacial score (nSPS) is 15.3. The molecule has 0 heterocycles. The minimum Gasteiger partial charge on any atom is -0.504 e. The molecule has 2 unspecified atom stereocenters. The fourth-order valence-corrected chi connectivity index (χ4v) is 5.16. The molecule has 2 amide bonds. The van der Waals surface area contributed by atoms with Crippen molar-refractivity contribution >= 4 is 12.2 Å². The number of methoxy groups -OCH3 is 1. The number of nitrogens with zero attached hydrogens (tertiary/aromatic N) is 2. The maximum Gasteiger partial charge on any atom is 0.434 e. The van der Waals surface area contributed by atoms with Gasteiger partial charge in [0.15, 0.2) is 11.5 Å². The molecule has 0 aromatic heterocycles. The van der Waals surface area contributed by atoms with Gasteiger partial charge in [0.1, 0.15) is 17.4 Å². The van der Waals surface area contributed by atoms with Crippen molar-refractivity contribution in [3.05, 3.63) is 35.9 Å². The molecule has 3 N–H and O–H groups in total. The first-order chi connectivity index (χ1) is 20.8. The molecule has 0 bridgehead atoms. The molecule has 0 saturated carbocycles. The van der Waals surface area contributed by atoms with Gasteiger partial charge in [-0.25, -0.2) is 15.0 Å². The van der Waals surface area contributed by atoms with E-state index in [9.17, 15) is 19.8 Å². The summed E-state index contributed by atoms with van der Waals surface area (Å²) in [7, 11) is 1.47. The number of aliphatic hydroxyl groups is 1. The quantitative estimate of drug-likeness (QED) is 0.101. The number of hydrazine groups is 1. The van der Waals surface area contributed by atoms with E-state index in [4.69, 9.17) is 14.2 Å². The van der Waals surface area contributed by atoms with Gasteiger partial charge in [0.2, 0.25) is 0 Å². The molecule has 0 saturated heterocycles. The van der Waals surface area contributed by atoms with E-state index in [1.165, 1.54) is 7.11 Å². The van der Waals surface area contributed by atoms with Crippen LogP contribution in [0.5, 0.6) is 11.5 Å². The number of benzene rings is 1. The number of carbonyl (C=O) groups is 2. The monoisotopic (exact) mass is 635 g/mol. The van der Waals surface area contributed by atoms with Crippen molar-refractivity contribution in [2.75, 3.05) is 20.2 Å². The van der Waals surface area contributed by atoms with Crippen LogP contribution in [0.25, 0.3) is 0 Å². The fourth-order valence-electron chi connectivity index (χ4n) is 5.16. The molecule has 1 rings (SSSR count). The fraction of sp³-hybridized carbons (Fsp3) is 0.714. The minimum atomic E-state index is -0.900. The van der Waals surface area contributed by atoms with Crippen LogP contribution in [0.1, 0.15) is 108 Å². The molecular weight excluding hydrogens is 574 g/mol. The van der Waals surface area contributed by atoms with Gasteiger partial charge in [-0.2, -0.15) is 0 Å². The number of phenols is 1. The zero-order valence-corrected chi connectivity index (χ0v) is 30.0. The number of rotatable bonds is 15. The highest BCUT2D eigenvalue weighted by molar-refractivity contribution is 5.87. The highest BCUT2D eigenvalue weighted by Gasteiger charge is 2.36. The molecule has 10 nitrogen and oxygen atoms in total. The number of aliphatic hydroxyl groups excluding tert-OH is 1. The average molecular weight is 636 g/mol. The number of imide groups is 1. The van der Waals surface area contributed by atoms with Crippen LogP contribution in [0, 0.1) is 23.7 Å². The summed E-state index contributed by atoms with van der Waals surface area (Å²) in [5, 5.41) is 22.5. The molecular formula is C35H61N3O7. The second-order valence-electron chi connectivity index (χ2n) is 14.2. The highest BCUT2D eigenvalue weighted by Crippen LogP contribution is 2.36. The van der Waals surface area contributed by atoms with Crippen LogP contribution in [-0.4, -0.2) is 69.9 Å². The third-order valence-electron chi connectivity index (χ3n) is 7.68. The predicted molar refractivity (Wildman–Crippen MR) is 179 cm³/mol. The number of phenolic OH excluding ortho intramolecular Hbond substituents is 1. The maximum absolute atomic E-state index is 13.4. The second-order valence-corrected chi connectivity index (χ2v) is 14.2. The molecule has 0 spiro atoms. The summed E-state index contributed by atoms with van der Waals surface area (Å²) >= 11 is 0. The van der Waals surface area contributed by atoms with E-state index in [1.807, 2.05) is 0 Å². The molecule has 0 radical (unpaired) electrons. The lowest BCUT2D eigenvalue weighted by Crippen LogP contribution is -2.53. The third kappa shape index (κ3) is 13.2. The molecule has 0 fully saturated rings. The minimum absolute atomic E-state index is 0.0564. The number of hydrogen-bond donors (Lipinski definition) is 3. The Morgan fingerprint density at radius 3 is 1.71 bits per heavy atom.